The molecule has 0 amide bonds. The summed E-state index contributed by atoms with van der Waals surface area (Å²) < 4.78 is 0. The van der Waals surface area contributed by atoms with E-state index in [1.807, 2.05) is 30.3 Å². The van der Waals surface area contributed by atoms with Gasteiger partial charge in [0.1, 0.15) is 0 Å². The normalized spacial score (nSPS) is 14.0. The zero-order valence-corrected chi connectivity index (χ0v) is 15.9. The average molecular weight is 376 g/mol. The SMILES string of the molecule is CC1=[C-]CC=C1.CC1=[C-]CC=C1.ClCc1ccccc1.[Zr+2]. The van der Waals surface area contributed by atoms with Crippen LogP contribution in [0.4, 0.5) is 0 Å². The molecule has 0 N–H and O–H groups in total. The van der Waals surface area contributed by atoms with E-state index in [0.717, 1.165) is 12.8 Å². The molecule has 0 heterocycles. The van der Waals surface area contributed by atoms with Gasteiger partial charge >= 0.3 is 26.2 Å². The van der Waals surface area contributed by atoms with E-state index in [1.54, 1.807) is 0 Å². The molecule has 21 heavy (non-hydrogen) atoms. The predicted octanol–water partition coefficient (Wildman–Crippen LogP) is 5.81. The molecule has 0 bridgehead atoms. The quantitative estimate of drug-likeness (QED) is 0.429. The van der Waals surface area contributed by atoms with Crippen molar-refractivity contribution in [3.05, 3.63) is 83.5 Å². The zero-order valence-electron chi connectivity index (χ0n) is 12.7. The zero-order chi connectivity index (χ0) is 14.6. The second-order valence-corrected chi connectivity index (χ2v) is 4.82. The van der Waals surface area contributed by atoms with Gasteiger partial charge in [0.05, 0.1) is 0 Å². The van der Waals surface area contributed by atoms with Crippen molar-refractivity contribution in [2.75, 3.05) is 0 Å². The van der Waals surface area contributed by atoms with Crippen LogP contribution in [0.15, 0.2) is 65.8 Å². The Morgan fingerprint density at radius 1 is 0.905 bits per heavy atom. The van der Waals surface area contributed by atoms with E-state index in [-0.39, 0.29) is 26.2 Å². The van der Waals surface area contributed by atoms with Gasteiger partial charge in [-0.25, -0.2) is 23.3 Å². The van der Waals surface area contributed by atoms with Crippen molar-refractivity contribution in [2.24, 2.45) is 0 Å². The Bertz CT molecular complexity index is 462. The summed E-state index contributed by atoms with van der Waals surface area (Å²) in [7, 11) is 0. The van der Waals surface area contributed by atoms with Crippen molar-refractivity contribution in [1.82, 2.24) is 0 Å². The molecule has 0 fully saturated rings. The number of rotatable bonds is 1. The molecule has 0 aliphatic heterocycles. The van der Waals surface area contributed by atoms with Crippen LogP contribution >= 0.6 is 11.6 Å². The van der Waals surface area contributed by atoms with Crippen LogP contribution in [-0.4, -0.2) is 0 Å². The summed E-state index contributed by atoms with van der Waals surface area (Å²) in [6.07, 6.45) is 16.7. The van der Waals surface area contributed by atoms with Crippen LogP contribution in [0.1, 0.15) is 32.3 Å². The molecule has 2 aliphatic carbocycles. The molecule has 0 nitrogen and oxygen atoms in total. The molecule has 0 radical (unpaired) electrons. The summed E-state index contributed by atoms with van der Waals surface area (Å²) in [6, 6.07) is 9.96. The molecule has 3 rings (SSSR count). The minimum absolute atomic E-state index is 0. The standard InChI is InChI=1S/C7H7Cl.2C6H7.Zr/c8-6-7-4-2-1-3-5-7;2*1-6-4-2-3-5-6;/h1-5H,6H2;2*2,4H,3H2,1H3;/q;2*-1;+2. The van der Waals surface area contributed by atoms with Gasteiger partial charge in [-0.05, 0) is 5.56 Å². The molecule has 1 aromatic rings. The fourth-order valence-electron chi connectivity index (χ4n) is 1.60. The molecule has 0 aromatic heterocycles. The average Bonchev–Trinajstić information content (AvgIpc) is 3.15. The Morgan fingerprint density at radius 3 is 1.57 bits per heavy atom. The third-order valence-corrected chi connectivity index (χ3v) is 3.04. The second kappa shape index (κ2) is 13.0. The molecule has 0 saturated heterocycles. The minimum atomic E-state index is 0. The van der Waals surface area contributed by atoms with Gasteiger partial charge in [0.25, 0.3) is 0 Å². The predicted molar refractivity (Wildman–Crippen MR) is 88.4 cm³/mol. The molecule has 0 unspecified atom stereocenters. The maximum atomic E-state index is 5.53. The molecule has 108 valence electrons. The largest absolute Gasteiger partial charge is 2.00 e. The van der Waals surface area contributed by atoms with Gasteiger partial charge < -0.3 is 0 Å². The summed E-state index contributed by atoms with van der Waals surface area (Å²) in [5.41, 5.74) is 3.72. The molecule has 2 heteroatoms. The van der Waals surface area contributed by atoms with E-state index in [0.29, 0.717) is 5.88 Å². The van der Waals surface area contributed by atoms with Crippen LogP contribution in [-0.2, 0) is 32.1 Å². The fourth-order valence-corrected chi connectivity index (χ4v) is 1.77. The van der Waals surface area contributed by atoms with E-state index < -0.39 is 0 Å². The van der Waals surface area contributed by atoms with E-state index in [9.17, 15) is 0 Å². The van der Waals surface area contributed by atoms with E-state index in [1.165, 1.54) is 16.7 Å². The van der Waals surface area contributed by atoms with Crippen LogP contribution in [0.25, 0.3) is 0 Å². The van der Waals surface area contributed by atoms with Crippen molar-refractivity contribution >= 4 is 11.6 Å². The summed E-state index contributed by atoms with van der Waals surface area (Å²) >= 11 is 5.53. The van der Waals surface area contributed by atoms with E-state index in [4.69, 9.17) is 11.6 Å². The smallest absolute Gasteiger partial charge is 0.270 e. The van der Waals surface area contributed by atoms with Crippen LogP contribution < -0.4 is 0 Å². The third kappa shape index (κ3) is 10.7. The number of alkyl halides is 1. The Labute approximate surface area is 153 Å². The van der Waals surface area contributed by atoms with Crippen LogP contribution in [0.5, 0.6) is 0 Å². The van der Waals surface area contributed by atoms with Crippen molar-refractivity contribution in [3.63, 3.8) is 0 Å². The maximum Gasteiger partial charge on any atom is 2.00 e. The van der Waals surface area contributed by atoms with Gasteiger partial charge in [-0.1, -0.05) is 44.2 Å². The first-order chi connectivity index (χ1) is 9.72. The molecule has 0 spiro atoms. The van der Waals surface area contributed by atoms with Gasteiger partial charge in [-0.15, -0.1) is 24.4 Å². The summed E-state index contributed by atoms with van der Waals surface area (Å²) in [6.45, 7) is 4.12. The van der Waals surface area contributed by atoms with Crippen LogP contribution in [0, 0.1) is 12.2 Å². The van der Waals surface area contributed by atoms with Gasteiger partial charge in [-0.3, -0.25) is 12.2 Å². The van der Waals surface area contributed by atoms with Crippen LogP contribution in [0.2, 0.25) is 0 Å². The number of hydrogen-bond donors (Lipinski definition) is 0. The summed E-state index contributed by atoms with van der Waals surface area (Å²) in [5, 5.41) is 0. The first kappa shape index (κ1) is 20.4. The molecule has 0 atom stereocenters. The fraction of sp³-hybridized carbons (Fsp3) is 0.263. The Hall–Kier alpha value is -0.647. The Kier molecular flexibility index (Phi) is 12.6. The Morgan fingerprint density at radius 2 is 1.38 bits per heavy atom. The van der Waals surface area contributed by atoms with E-state index in [2.05, 4.69) is 50.3 Å². The first-order valence-electron chi connectivity index (χ1n) is 6.80. The van der Waals surface area contributed by atoms with Crippen molar-refractivity contribution in [1.29, 1.82) is 0 Å². The number of halogens is 1. The van der Waals surface area contributed by atoms with Crippen molar-refractivity contribution < 1.29 is 26.2 Å². The van der Waals surface area contributed by atoms with E-state index >= 15 is 0 Å². The number of benzene rings is 1. The maximum absolute atomic E-state index is 5.53. The van der Waals surface area contributed by atoms with Gasteiger partial charge in [0, 0.05) is 5.88 Å². The topological polar surface area (TPSA) is 0 Å². The van der Waals surface area contributed by atoms with Gasteiger partial charge in [0.2, 0.25) is 0 Å². The summed E-state index contributed by atoms with van der Waals surface area (Å²) in [5.74, 6) is 0.612. The second-order valence-electron chi connectivity index (χ2n) is 4.55. The molecular weight excluding hydrogens is 355 g/mol. The molecule has 0 saturated carbocycles. The van der Waals surface area contributed by atoms with Gasteiger partial charge in [0.15, 0.2) is 0 Å². The van der Waals surface area contributed by atoms with Crippen molar-refractivity contribution in [3.8, 4) is 0 Å². The summed E-state index contributed by atoms with van der Waals surface area (Å²) in [4.78, 5) is 0. The minimum Gasteiger partial charge on any atom is -0.270 e. The first-order valence-corrected chi connectivity index (χ1v) is 7.33. The van der Waals surface area contributed by atoms with Gasteiger partial charge in [-0.2, -0.15) is 12.2 Å². The third-order valence-electron chi connectivity index (χ3n) is 2.73. The van der Waals surface area contributed by atoms with Crippen LogP contribution in [0.3, 0.4) is 0 Å². The molecule has 1 aromatic carbocycles. The number of hydrogen-bond acceptors (Lipinski definition) is 0. The molecule has 2 aliphatic rings. The Balaban J connectivity index is 0.000000283. The molecular formula is C19H21ClZr. The van der Waals surface area contributed by atoms with Crippen molar-refractivity contribution in [2.45, 2.75) is 32.6 Å². The monoisotopic (exact) mass is 374 g/mol. The number of allylic oxidation sites excluding steroid dienone is 8.